The van der Waals surface area contributed by atoms with Crippen molar-refractivity contribution < 1.29 is 13.9 Å². The molecule has 6 nitrogen and oxygen atoms in total. The van der Waals surface area contributed by atoms with Gasteiger partial charge < -0.3 is 19.8 Å². The van der Waals surface area contributed by atoms with E-state index in [4.69, 9.17) is 9.15 Å². The summed E-state index contributed by atoms with van der Waals surface area (Å²) in [4.78, 5) is 13.8. The topological polar surface area (TPSA) is 66.7 Å². The van der Waals surface area contributed by atoms with Gasteiger partial charge in [0.2, 0.25) is 0 Å². The molecule has 1 saturated heterocycles. The van der Waals surface area contributed by atoms with Crippen LogP contribution < -0.4 is 10.6 Å². The lowest BCUT2D eigenvalue weighted by atomic mass is 10.2. The second-order valence-corrected chi connectivity index (χ2v) is 5.22. The van der Waals surface area contributed by atoms with Crippen LogP contribution in [-0.4, -0.2) is 50.8 Å². The number of rotatable bonds is 6. The molecule has 0 spiro atoms. The molecule has 0 unspecified atom stereocenters. The molecule has 1 aliphatic rings. The first-order valence-electron chi connectivity index (χ1n) is 7.00. The first-order valence-corrected chi connectivity index (χ1v) is 7.00. The maximum absolute atomic E-state index is 11.8. The summed E-state index contributed by atoms with van der Waals surface area (Å²) in [5.74, 6) is 0.842. The predicted molar refractivity (Wildman–Crippen MR) is 75.5 cm³/mol. The minimum absolute atomic E-state index is 0.0264. The van der Waals surface area contributed by atoms with E-state index in [-0.39, 0.29) is 18.2 Å². The van der Waals surface area contributed by atoms with Crippen molar-refractivity contribution >= 4 is 6.03 Å². The van der Waals surface area contributed by atoms with Gasteiger partial charge in [0.1, 0.15) is 5.76 Å². The standard InChI is InChI=1S/C14H23N3O3/c1-17(2)12(13-6-4-8-20-13)10-16-14(18)15-9-11-5-3-7-19-11/h4,6,8,11-12H,3,5,7,9-10H2,1-2H3,(H2,15,16,18)/t11-,12-/m0/s1. The fourth-order valence-electron chi connectivity index (χ4n) is 2.28. The number of nitrogens with zero attached hydrogens (tertiary/aromatic N) is 1. The van der Waals surface area contributed by atoms with Gasteiger partial charge in [-0.15, -0.1) is 0 Å². The van der Waals surface area contributed by atoms with Gasteiger partial charge in [0, 0.05) is 19.7 Å². The first-order chi connectivity index (χ1) is 9.66. The molecule has 1 aromatic rings. The van der Waals surface area contributed by atoms with E-state index < -0.39 is 0 Å². The monoisotopic (exact) mass is 281 g/mol. The molecule has 1 aromatic heterocycles. The molecule has 0 aromatic carbocycles. The number of carbonyl (C=O) groups excluding carboxylic acids is 1. The number of likely N-dealkylation sites (N-methyl/N-ethyl adjacent to an activating group) is 1. The number of carbonyl (C=O) groups is 1. The Bertz CT molecular complexity index is 400. The van der Waals surface area contributed by atoms with Gasteiger partial charge in [0.25, 0.3) is 0 Å². The quantitative estimate of drug-likeness (QED) is 0.826. The van der Waals surface area contributed by atoms with Gasteiger partial charge in [0.15, 0.2) is 0 Å². The zero-order valence-electron chi connectivity index (χ0n) is 12.1. The lowest BCUT2D eigenvalue weighted by Gasteiger charge is -2.22. The average Bonchev–Trinajstić information content (AvgIpc) is 3.09. The summed E-state index contributed by atoms with van der Waals surface area (Å²) in [6.07, 6.45) is 3.90. The third-order valence-electron chi connectivity index (χ3n) is 3.47. The molecule has 2 amide bonds. The molecular weight excluding hydrogens is 258 g/mol. The van der Waals surface area contributed by atoms with Gasteiger partial charge >= 0.3 is 6.03 Å². The van der Waals surface area contributed by atoms with Crippen molar-refractivity contribution in [1.82, 2.24) is 15.5 Å². The summed E-state index contributed by atoms with van der Waals surface area (Å²) in [7, 11) is 3.91. The molecule has 20 heavy (non-hydrogen) atoms. The lowest BCUT2D eigenvalue weighted by Crippen LogP contribution is -2.42. The summed E-state index contributed by atoms with van der Waals surface area (Å²) in [6.45, 7) is 1.87. The van der Waals surface area contributed by atoms with E-state index in [1.165, 1.54) is 0 Å². The maximum atomic E-state index is 11.8. The fourth-order valence-corrected chi connectivity index (χ4v) is 2.28. The van der Waals surface area contributed by atoms with Crippen LogP contribution in [-0.2, 0) is 4.74 Å². The van der Waals surface area contributed by atoms with Crippen molar-refractivity contribution in [3.63, 3.8) is 0 Å². The molecule has 1 fully saturated rings. The molecule has 2 heterocycles. The van der Waals surface area contributed by atoms with Crippen molar-refractivity contribution in [3.8, 4) is 0 Å². The number of hydrogen-bond donors (Lipinski definition) is 2. The van der Waals surface area contributed by atoms with Crippen LogP contribution in [0.5, 0.6) is 0 Å². The molecule has 1 aliphatic heterocycles. The van der Waals surface area contributed by atoms with Crippen molar-refractivity contribution in [2.75, 3.05) is 33.8 Å². The Kier molecular flexibility index (Phi) is 5.43. The van der Waals surface area contributed by atoms with Gasteiger partial charge in [-0.3, -0.25) is 4.90 Å². The second kappa shape index (κ2) is 7.31. The van der Waals surface area contributed by atoms with E-state index in [1.807, 2.05) is 31.1 Å². The van der Waals surface area contributed by atoms with Crippen LogP contribution in [0.15, 0.2) is 22.8 Å². The Morgan fingerprint density at radius 1 is 1.50 bits per heavy atom. The highest BCUT2D eigenvalue weighted by Crippen LogP contribution is 2.17. The highest BCUT2D eigenvalue weighted by molar-refractivity contribution is 5.73. The van der Waals surface area contributed by atoms with Crippen LogP contribution in [0, 0.1) is 0 Å². The molecule has 0 radical (unpaired) electrons. The molecule has 6 heteroatoms. The molecule has 0 bridgehead atoms. The highest BCUT2D eigenvalue weighted by Gasteiger charge is 2.19. The van der Waals surface area contributed by atoms with Crippen molar-refractivity contribution in [2.24, 2.45) is 0 Å². The number of urea groups is 1. The van der Waals surface area contributed by atoms with Crippen molar-refractivity contribution in [3.05, 3.63) is 24.2 Å². The summed E-state index contributed by atoms with van der Waals surface area (Å²) in [5.41, 5.74) is 0. The zero-order chi connectivity index (χ0) is 14.4. The van der Waals surface area contributed by atoms with Gasteiger partial charge in [-0.1, -0.05) is 0 Å². The Labute approximate surface area is 119 Å². The van der Waals surface area contributed by atoms with E-state index in [0.717, 1.165) is 25.2 Å². The number of furan rings is 1. The predicted octanol–water partition coefficient (Wildman–Crippen LogP) is 1.36. The van der Waals surface area contributed by atoms with Crippen LogP contribution >= 0.6 is 0 Å². The van der Waals surface area contributed by atoms with E-state index in [0.29, 0.717) is 13.1 Å². The van der Waals surface area contributed by atoms with Crippen LogP contribution in [0.2, 0.25) is 0 Å². The van der Waals surface area contributed by atoms with Gasteiger partial charge in [0.05, 0.1) is 18.4 Å². The molecule has 2 atom stereocenters. The van der Waals surface area contributed by atoms with Crippen molar-refractivity contribution in [1.29, 1.82) is 0 Å². The summed E-state index contributed by atoms with van der Waals surface area (Å²) >= 11 is 0. The van der Waals surface area contributed by atoms with Crippen LogP contribution in [0.25, 0.3) is 0 Å². The molecular formula is C14H23N3O3. The van der Waals surface area contributed by atoms with E-state index in [2.05, 4.69) is 10.6 Å². The third-order valence-corrected chi connectivity index (χ3v) is 3.47. The van der Waals surface area contributed by atoms with E-state index >= 15 is 0 Å². The SMILES string of the molecule is CN(C)[C@@H](CNC(=O)NC[C@@H]1CCCO1)c1ccco1. The normalized spacial score (nSPS) is 20.1. The van der Waals surface area contributed by atoms with Gasteiger partial charge in [-0.2, -0.15) is 0 Å². The number of nitrogens with one attached hydrogen (secondary N) is 2. The van der Waals surface area contributed by atoms with Crippen LogP contribution in [0.1, 0.15) is 24.6 Å². The molecule has 2 N–H and O–H groups in total. The molecule has 0 saturated carbocycles. The molecule has 2 rings (SSSR count). The molecule has 0 aliphatic carbocycles. The van der Waals surface area contributed by atoms with E-state index in [9.17, 15) is 4.79 Å². The third kappa shape index (κ3) is 4.25. The Hall–Kier alpha value is -1.53. The minimum Gasteiger partial charge on any atom is -0.468 e. The molecule has 112 valence electrons. The van der Waals surface area contributed by atoms with Crippen molar-refractivity contribution in [2.45, 2.75) is 25.0 Å². The summed E-state index contributed by atoms with van der Waals surface area (Å²) in [5, 5.41) is 5.71. The summed E-state index contributed by atoms with van der Waals surface area (Å²) < 4.78 is 10.9. The first kappa shape index (κ1) is 14.9. The van der Waals surface area contributed by atoms with Crippen LogP contribution in [0.4, 0.5) is 4.79 Å². The Morgan fingerprint density at radius 3 is 2.95 bits per heavy atom. The minimum atomic E-state index is -0.168. The largest absolute Gasteiger partial charge is 0.468 e. The smallest absolute Gasteiger partial charge is 0.314 e. The van der Waals surface area contributed by atoms with Gasteiger partial charge in [-0.25, -0.2) is 4.79 Å². The number of hydrogen-bond acceptors (Lipinski definition) is 4. The fraction of sp³-hybridized carbons (Fsp3) is 0.643. The Morgan fingerprint density at radius 2 is 2.35 bits per heavy atom. The average molecular weight is 281 g/mol. The highest BCUT2D eigenvalue weighted by atomic mass is 16.5. The second-order valence-electron chi connectivity index (χ2n) is 5.22. The van der Waals surface area contributed by atoms with Gasteiger partial charge in [-0.05, 0) is 39.1 Å². The maximum Gasteiger partial charge on any atom is 0.314 e. The zero-order valence-corrected chi connectivity index (χ0v) is 12.1. The Balaban J connectivity index is 1.73. The lowest BCUT2D eigenvalue weighted by molar-refractivity contribution is 0.111. The number of ether oxygens (including phenoxy) is 1. The van der Waals surface area contributed by atoms with E-state index in [1.54, 1.807) is 6.26 Å². The number of amides is 2. The van der Waals surface area contributed by atoms with Crippen LogP contribution in [0.3, 0.4) is 0 Å². The summed E-state index contributed by atoms with van der Waals surface area (Å²) in [6, 6.07) is 3.62.